The zero-order valence-corrected chi connectivity index (χ0v) is 11.5. The first-order valence-electron chi connectivity index (χ1n) is 6.34. The van der Waals surface area contributed by atoms with Crippen LogP contribution in [0, 0.1) is 0 Å². The highest BCUT2D eigenvalue weighted by atomic mass is 32.1. The molecule has 0 amide bonds. The maximum absolute atomic E-state index is 9.19. The Morgan fingerprint density at radius 2 is 1.78 bits per heavy atom. The molecule has 0 radical (unpaired) electrons. The number of thiophene rings is 1. The third-order valence-corrected chi connectivity index (χ3v) is 4.12. The molecule has 0 atom stereocenters. The molecule has 2 N–H and O–H groups in total. The fourth-order valence-electron chi connectivity index (χ4n) is 1.81. The minimum absolute atomic E-state index is 0.331. The Balaban J connectivity index is 1.71. The molecule has 2 rings (SSSR count). The second-order valence-electron chi connectivity index (χ2n) is 4.31. The fraction of sp³-hybridized carbons (Fsp3) is 0.333. The summed E-state index contributed by atoms with van der Waals surface area (Å²) in [5.74, 6) is 0.331. The van der Waals surface area contributed by atoms with E-state index < -0.39 is 0 Å². The maximum Gasteiger partial charge on any atom is 0.115 e. The van der Waals surface area contributed by atoms with Crippen LogP contribution >= 0.6 is 11.3 Å². The van der Waals surface area contributed by atoms with Crippen LogP contribution in [0.2, 0.25) is 0 Å². The molecule has 18 heavy (non-hydrogen) atoms. The number of benzene rings is 1. The van der Waals surface area contributed by atoms with Gasteiger partial charge in [0.05, 0.1) is 0 Å². The van der Waals surface area contributed by atoms with Crippen molar-refractivity contribution in [3.8, 4) is 5.75 Å². The smallest absolute Gasteiger partial charge is 0.115 e. The SMILES string of the molecule is CCc1ccc(CNCCc2ccc(O)cc2)s1. The van der Waals surface area contributed by atoms with Crippen molar-refractivity contribution < 1.29 is 5.11 Å². The van der Waals surface area contributed by atoms with Gasteiger partial charge in [0.2, 0.25) is 0 Å². The Labute approximate surface area is 112 Å². The van der Waals surface area contributed by atoms with Crippen LogP contribution in [0.1, 0.15) is 22.2 Å². The highest BCUT2D eigenvalue weighted by Crippen LogP contribution is 2.16. The largest absolute Gasteiger partial charge is 0.508 e. The number of hydrogen-bond acceptors (Lipinski definition) is 3. The van der Waals surface area contributed by atoms with Crippen molar-refractivity contribution >= 4 is 11.3 Å². The molecule has 0 spiro atoms. The summed E-state index contributed by atoms with van der Waals surface area (Å²) in [6.07, 6.45) is 2.12. The zero-order valence-electron chi connectivity index (χ0n) is 10.6. The predicted molar refractivity (Wildman–Crippen MR) is 77.2 cm³/mol. The molecule has 0 saturated carbocycles. The van der Waals surface area contributed by atoms with Crippen LogP contribution < -0.4 is 5.32 Å². The van der Waals surface area contributed by atoms with Crippen molar-refractivity contribution in [2.24, 2.45) is 0 Å². The molecule has 0 aliphatic rings. The lowest BCUT2D eigenvalue weighted by molar-refractivity contribution is 0.475. The molecule has 96 valence electrons. The highest BCUT2D eigenvalue weighted by Gasteiger charge is 1.98. The lowest BCUT2D eigenvalue weighted by Gasteiger charge is -2.03. The number of aryl methyl sites for hydroxylation is 1. The van der Waals surface area contributed by atoms with E-state index in [0.717, 1.165) is 25.9 Å². The summed E-state index contributed by atoms with van der Waals surface area (Å²) in [6, 6.07) is 11.8. The van der Waals surface area contributed by atoms with Gasteiger partial charge in [0, 0.05) is 16.3 Å². The first-order chi connectivity index (χ1) is 8.78. The quantitative estimate of drug-likeness (QED) is 0.782. The van der Waals surface area contributed by atoms with Crippen molar-refractivity contribution in [2.75, 3.05) is 6.54 Å². The van der Waals surface area contributed by atoms with Gasteiger partial charge >= 0.3 is 0 Å². The third kappa shape index (κ3) is 3.86. The number of phenols is 1. The van der Waals surface area contributed by atoms with Gasteiger partial charge in [-0.05, 0) is 49.2 Å². The van der Waals surface area contributed by atoms with Crippen LogP contribution in [0.25, 0.3) is 0 Å². The van der Waals surface area contributed by atoms with Gasteiger partial charge in [-0.2, -0.15) is 0 Å². The second kappa shape index (κ2) is 6.57. The Kier molecular flexibility index (Phi) is 4.79. The van der Waals surface area contributed by atoms with Crippen LogP contribution in [0.3, 0.4) is 0 Å². The monoisotopic (exact) mass is 261 g/mol. The van der Waals surface area contributed by atoms with E-state index in [-0.39, 0.29) is 0 Å². The van der Waals surface area contributed by atoms with E-state index in [1.807, 2.05) is 23.5 Å². The van der Waals surface area contributed by atoms with Gasteiger partial charge in [-0.25, -0.2) is 0 Å². The standard InChI is InChI=1S/C15H19NOS/c1-2-14-7-8-15(18-14)11-16-10-9-12-3-5-13(17)6-4-12/h3-8,16-17H,2,9-11H2,1H3. The minimum atomic E-state index is 0.331. The first kappa shape index (κ1) is 13.1. The molecule has 1 aromatic heterocycles. The van der Waals surface area contributed by atoms with E-state index in [1.54, 1.807) is 12.1 Å². The molecule has 0 unspecified atom stereocenters. The van der Waals surface area contributed by atoms with Gasteiger partial charge in [-0.1, -0.05) is 19.1 Å². The summed E-state index contributed by atoms with van der Waals surface area (Å²) in [6.45, 7) is 4.10. The van der Waals surface area contributed by atoms with Crippen molar-refractivity contribution in [2.45, 2.75) is 26.3 Å². The average molecular weight is 261 g/mol. The molecule has 2 aromatic rings. The lowest BCUT2D eigenvalue weighted by Crippen LogP contribution is -2.15. The van der Waals surface area contributed by atoms with Crippen LogP contribution in [0.4, 0.5) is 0 Å². The fourth-order valence-corrected chi connectivity index (χ4v) is 2.74. The number of hydrogen-bond donors (Lipinski definition) is 2. The van der Waals surface area contributed by atoms with Crippen molar-refractivity contribution in [1.29, 1.82) is 0 Å². The van der Waals surface area contributed by atoms with Gasteiger partial charge in [-0.3, -0.25) is 0 Å². The Morgan fingerprint density at radius 3 is 2.44 bits per heavy atom. The van der Waals surface area contributed by atoms with E-state index >= 15 is 0 Å². The normalized spacial score (nSPS) is 10.7. The van der Waals surface area contributed by atoms with Crippen molar-refractivity contribution in [3.05, 3.63) is 51.7 Å². The molecule has 0 bridgehead atoms. The molecule has 0 fully saturated rings. The number of nitrogens with one attached hydrogen (secondary N) is 1. The van der Waals surface area contributed by atoms with Crippen molar-refractivity contribution in [3.63, 3.8) is 0 Å². The topological polar surface area (TPSA) is 32.3 Å². The molecule has 0 aliphatic carbocycles. The van der Waals surface area contributed by atoms with Gasteiger partial charge in [-0.15, -0.1) is 11.3 Å². The summed E-state index contributed by atoms with van der Waals surface area (Å²) in [7, 11) is 0. The Hall–Kier alpha value is -1.32. The summed E-state index contributed by atoms with van der Waals surface area (Å²) in [5.41, 5.74) is 1.25. The van der Waals surface area contributed by atoms with Crippen molar-refractivity contribution in [1.82, 2.24) is 5.32 Å². The Morgan fingerprint density at radius 1 is 1.06 bits per heavy atom. The van der Waals surface area contributed by atoms with E-state index in [9.17, 15) is 5.11 Å². The lowest BCUT2D eigenvalue weighted by atomic mass is 10.1. The molecule has 0 aliphatic heterocycles. The van der Waals surface area contributed by atoms with E-state index in [4.69, 9.17) is 0 Å². The molecule has 0 saturated heterocycles. The zero-order chi connectivity index (χ0) is 12.8. The van der Waals surface area contributed by atoms with Gasteiger partial charge in [0.25, 0.3) is 0 Å². The van der Waals surface area contributed by atoms with Gasteiger partial charge in [0.1, 0.15) is 5.75 Å². The average Bonchev–Trinajstić information content (AvgIpc) is 2.85. The van der Waals surface area contributed by atoms with Crippen LogP contribution in [-0.2, 0) is 19.4 Å². The number of aromatic hydroxyl groups is 1. The van der Waals surface area contributed by atoms with Crippen LogP contribution in [-0.4, -0.2) is 11.7 Å². The highest BCUT2D eigenvalue weighted by molar-refractivity contribution is 7.11. The van der Waals surface area contributed by atoms with Gasteiger partial charge in [0.15, 0.2) is 0 Å². The summed E-state index contributed by atoms with van der Waals surface area (Å²) in [4.78, 5) is 2.85. The van der Waals surface area contributed by atoms with Gasteiger partial charge < -0.3 is 10.4 Å². The van der Waals surface area contributed by atoms with E-state index in [2.05, 4.69) is 24.4 Å². The molecular weight excluding hydrogens is 242 g/mol. The number of rotatable bonds is 6. The molecular formula is C15H19NOS. The summed E-state index contributed by atoms with van der Waals surface area (Å²) >= 11 is 1.89. The number of phenolic OH excluding ortho intramolecular Hbond substituents is 1. The molecule has 1 heterocycles. The van der Waals surface area contributed by atoms with Crippen LogP contribution in [0.15, 0.2) is 36.4 Å². The minimum Gasteiger partial charge on any atom is -0.508 e. The maximum atomic E-state index is 9.19. The predicted octanol–water partition coefficient (Wildman–Crippen LogP) is 3.35. The summed E-state index contributed by atoms with van der Waals surface area (Å²) in [5, 5.41) is 12.6. The van der Waals surface area contributed by atoms with Crippen LogP contribution in [0.5, 0.6) is 5.75 Å². The molecule has 2 nitrogen and oxygen atoms in total. The first-order valence-corrected chi connectivity index (χ1v) is 7.16. The molecule has 1 aromatic carbocycles. The molecule has 3 heteroatoms. The second-order valence-corrected chi connectivity index (χ2v) is 5.57. The summed E-state index contributed by atoms with van der Waals surface area (Å²) < 4.78 is 0. The third-order valence-electron chi connectivity index (χ3n) is 2.89. The van der Waals surface area contributed by atoms with E-state index in [0.29, 0.717) is 5.75 Å². The van der Waals surface area contributed by atoms with E-state index in [1.165, 1.54) is 15.3 Å². The Bertz CT molecular complexity index is 475.